The van der Waals surface area contributed by atoms with Crippen molar-refractivity contribution in [2.24, 2.45) is 17.8 Å². The van der Waals surface area contributed by atoms with E-state index in [0.717, 1.165) is 24.9 Å². The van der Waals surface area contributed by atoms with E-state index < -0.39 is 0 Å². The van der Waals surface area contributed by atoms with Crippen molar-refractivity contribution in [1.29, 1.82) is 0 Å². The van der Waals surface area contributed by atoms with Crippen LogP contribution in [0.2, 0.25) is 0 Å². The van der Waals surface area contributed by atoms with Crippen molar-refractivity contribution in [3.8, 4) is 0 Å². The SMILES string of the molecule is CC1CCCCC1COC1CC2(C(C)C)CCC1(C)O2. The summed E-state index contributed by atoms with van der Waals surface area (Å²) in [5, 5.41) is 0. The largest absolute Gasteiger partial charge is 0.375 e. The van der Waals surface area contributed by atoms with Crippen molar-refractivity contribution in [1.82, 2.24) is 0 Å². The fourth-order valence-electron chi connectivity index (χ4n) is 4.68. The molecule has 0 radical (unpaired) electrons. The van der Waals surface area contributed by atoms with Crippen molar-refractivity contribution >= 4 is 0 Å². The van der Waals surface area contributed by atoms with Gasteiger partial charge in [0.1, 0.15) is 0 Å². The van der Waals surface area contributed by atoms with Crippen LogP contribution in [0.1, 0.15) is 72.6 Å². The fraction of sp³-hybridized carbons (Fsp3) is 1.00. The molecule has 2 heterocycles. The molecule has 5 atom stereocenters. The summed E-state index contributed by atoms with van der Waals surface area (Å²) in [5.41, 5.74) is 0.0970. The van der Waals surface area contributed by atoms with Crippen molar-refractivity contribution in [2.75, 3.05) is 6.61 Å². The normalized spacial score (nSPS) is 48.1. The Morgan fingerprint density at radius 3 is 2.60 bits per heavy atom. The molecule has 0 N–H and O–H groups in total. The highest BCUT2D eigenvalue weighted by molar-refractivity contribution is 5.10. The van der Waals surface area contributed by atoms with Gasteiger partial charge in [0.05, 0.1) is 23.9 Å². The van der Waals surface area contributed by atoms with Crippen molar-refractivity contribution in [3.63, 3.8) is 0 Å². The monoisotopic (exact) mass is 280 g/mol. The lowest BCUT2D eigenvalue weighted by atomic mass is 9.75. The van der Waals surface area contributed by atoms with Crippen LogP contribution in [-0.4, -0.2) is 23.9 Å². The van der Waals surface area contributed by atoms with Gasteiger partial charge in [0, 0.05) is 6.42 Å². The quantitative estimate of drug-likeness (QED) is 0.751. The molecule has 1 saturated carbocycles. The molecule has 2 bridgehead atoms. The Labute approximate surface area is 124 Å². The third-order valence-corrected chi connectivity index (χ3v) is 6.55. The highest BCUT2D eigenvalue weighted by Gasteiger charge is 2.60. The highest BCUT2D eigenvalue weighted by atomic mass is 16.6. The molecule has 2 heteroatoms. The van der Waals surface area contributed by atoms with E-state index in [2.05, 4.69) is 27.7 Å². The molecule has 3 aliphatic rings. The minimum Gasteiger partial charge on any atom is -0.375 e. The minimum atomic E-state index is -0.0117. The number of rotatable bonds is 4. The molecule has 2 aliphatic heterocycles. The second kappa shape index (κ2) is 5.28. The van der Waals surface area contributed by atoms with E-state index in [1.165, 1.54) is 38.5 Å². The molecule has 2 nitrogen and oxygen atoms in total. The van der Waals surface area contributed by atoms with Crippen LogP contribution in [0.5, 0.6) is 0 Å². The topological polar surface area (TPSA) is 18.5 Å². The van der Waals surface area contributed by atoms with Gasteiger partial charge in [-0.15, -0.1) is 0 Å². The zero-order valence-corrected chi connectivity index (χ0v) is 13.8. The first kappa shape index (κ1) is 14.8. The molecule has 1 aliphatic carbocycles. The predicted molar refractivity (Wildman–Crippen MR) is 81.8 cm³/mol. The second-order valence-electron chi connectivity index (χ2n) is 8.18. The average molecular weight is 280 g/mol. The van der Waals surface area contributed by atoms with E-state index in [4.69, 9.17) is 9.47 Å². The summed E-state index contributed by atoms with van der Waals surface area (Å²) in [5.74, 6) is 2.23. The van der Waals surface area contributed by atoms with Crippen molar-refractivity contribution < 1.29 is 9.47 Å². The summed E-state index contributed by atoms with van der Waals surface area (Å²) in [4.78, 5) is 0. The molecule has 3 fully saturated rings. The lowest BCUT2D eigenvalue weighted by Gasteiger charge is -2.34. The number of hydrogen-bond acceptors (Lipinski definition) is 2. The van der Waals surface area contributed by atoms with Gasteiger partial charge in [0.25, 0.3) is 0 Å². The maximum Gasteiger partial charge on any atom is 0.0924 e. The Bertz CT molecular complexity index is 353. The van der Waals surface area contributed by atoms with Gasteiger partial charge in [-0.2, -0.15) is 0 Å². The van der Waals surface area contributed by atoms with E-state index >= 15 is 0 Å². The van der Waals surface area contributed by atoms with Crippen LogP contribution in [0.25, 0.3) is 0 Å². The second-order valence-corrected chi connectivity index (χ2v) is 8.18. The first-order valence-corrected chi connectivity index (χ1v) is 8.77. The maximum absolute atomic E-state index is 6.46. The summed E-state index contributed by atoms with van der Waals surface area (Å²) in [7, 11) is 0. The van der Waals surface area contributed by atoms with E-state index in [-0.39, 0.29) is 11.2 Å². The standard InChI is InChI=1S/C18H32O2/c1-13(2)18-10-9-17(4,20-18)16(11-18)19-12-15-8-6-5-7-14(15)3/h13-16H,5-12H2,1-4H3. The number of ether oxygens (including phenoxy) is 2. The summed E-state index contributed by atoms with van der Waals surface area (Å²) in [6, 6.07) is 0. The van der Waals surface area contributed by atoms with E-state index in [0.29, 0.717) is 12.0 Å². The highest BCUT2D eigenvalue weighted by Crippen LogP contribution is 2.55. The Balaban J connectivity index is 1.59. The lowest BCUT2D eigenvalue weighted by molar-refractivity contribution is -0.0998. The molecule has 0 aromatic rings. The molecule has 3 rings (SSSR count). The fourth-order valence-corrected chi connectivity index (χ4v) is 4.68. The summed E-state index contributed by atoms with van der Waals surface area (Å²) in [6.07, 6.45) is 9.40. The van der Waals surface area contributed by atoms with Crippen LogP contribution in [0.4, 0.5) is 0 Å². The third-order valence-electron chi connectivity index (χ3n) is 6.55. The van der Waals surface area contributed by atoms with E-state index in [1.54, 1.807) is 0 Å². The first-order chi connectivity index (χ1) is 9.45. The summed E-state index contributed by atoms with van der Waals surface area (Å²) in [6.45, 7) is 10.2. The zero-order chi connectivity index (χ0) is 14.4. The van der Waals surface area contributed by atoms with Crippen LogP contribution in [0, 0.1) is 17.8 Å². The molecule has 0 spiro atoms. The molecule has 116 valence electrons. The minimum absolute atomic E-state index is 0.0117. The molecule has 0 aromatic carbocycles. The Hall–Kier alpha value is -0.0800. The van der Waals surface area contributed by atoms with Crippen LogP contribution in [0.3, 0.4) is 0 Å². The van der Waals surface area contributed by atoms with Gasteiger partial charge < -0.3 is 9.47 Å². The summed E-state index contributed by atoms with van der Waals surface area (Å²) < 4.78 is 12.9. The van der Waals surface area contributed by atoms with Gasteiger partial charge in [-0.3, -0.25) is 0 Å². The predicted octanol–water partition coefficient (Wildman–Crippen LogP) is 4.57. The number of fused-ring (bicyclic) bond motifs is 2. The van der Waals surface area contributed by atoms with Crippen LogP contribution >= 0.6 is 0 Å². The third kappa shape index (κ3) is 2.43. The first-order valence-electron chi connectivity index (χ1n) is 8.77. The van der Waals surface area contributed by atoms with Crippen molar-refractivity contribution in [2.45, 2.75) is 89.9 Å². The van der Waals surface area contributed by atoms with Gasteiger partial charge in [0.15, 0.2) is 0 Å². The van der Waals surface area contributed by atoms with Gasteiger partial charge >= 0.3 is 0 Å². The Kier molecular flexibility index (Phi) is 3.92. The van der Waals surface area contributed by atoms with Crippen LogP contribution in [-0.2, 0) is 9.47 Å². The molecule has 0 aromatic heterocycles. The Morgan fingerprint density at radius 1 is 1.20 bits per heavy atom. The van der Waals surface area contributed by atoms with Gasteiger partial charge in [-0.1, -0.05) is 40.0 Å². The summed E-state index contributed by atoms with van der Waals surface area (Å²) >= 11 is 0. The van der Waals surface area contributed by atoms with Crippen LogP contribution in [0.15, 0.2) is 0 Å². The van der Waals surface area contributed by atoms with E-state index in [1.807, 2.05) is 0 Å². The zero-order valence-electron chi connectivity index (χ0n) is 13.8. The Morgan fingerprint density at radius 2 is 1.95 bits per heavy atom. The van der Waals surface area contributed by atoms with Crippen molar-refractivity contribution in [3.05, 3.63) is 0 Å². The average Bonchev–Trinajstić information content (AvgIpc) is 2.90. The van der Waals surface area contributed by atoms with Gasteiger partial charge in [-0.05, 0) is 43.9 Å². The molecule has 2 saturated heterocycles. The van der Waals surface area contributed by atoms with Gasteiger partial charge in [-0.25, -0.2) is 0 Å². The lowest BCUT2D eigenvalue weighted by Crippen LogP contribution is -2.40. The maximum atomic E-state index is 6.46. The molecular formula is C18H32O2. The van der Waals surface area contributed by atoms with E-state index in [9.17, 15) is 0 Å². The van der Waals surface area contributed by atoms with Gasteiger partial charge in [0.2, 0.25) is 0 Å². The smallest absolute Gasteiger partial charge is 0.0924 e. The molecular weight excluding hydrogens is 248 g/mol. The van der Waals surface area contributed by atoms with Crippen LogP contribution < -0.4 is 0 Å². The molecule has 0 amide bonds. The molecule has 20 heavy (non-hydrogen) atoms. The number of hydrogen-bond donors (Lipinski definition) is 0. The molecule has 5 unspecified atom stereocenters.